The van der Waals surface area contributed by atoms with Crippen molar-refractivity contribution in [3.8, 4) is 0 Å². The molecule has 7 heteroatoms. The molecule has 0 bridgehead atoms. The predicted molar refractivity (Wildman–Crippen MR) is 105 cm³/mol. The minimum atomic E-state index is -0.217. The summed E-state index contributed by atoms with van der Waals surface area (Å²) in [6.07, 6.45) is 7.35. The third-order valence-electron chi connectivity index (χ3n) is 4.81. The number of carbonyl (C=O) groups excluding carboxylic acids is 3. The molecular formula is C21H26N4O3. The molecule has 0 unspecified atom stereocenters. The lowest BCUT2D eigenvalue weighted by molar-refractivity contribution is -0.121. The third kappa shape index (κ3) is 4.85. The molecule has 2 heterocycles. The Bertz CT molecular complexity index is 824. The van der Waals surface area contributed by atoms with Crippen LogP contribution in [0.25, 0.3) is 0 Å². The van der Waals surface area contributed by atoms with Crippen LogP contribution in [0, 0.1) is 6.92 Å². The van der Waals surface area contributed by atoms with E-state index in [4.69, 9.17) is 0 Å². The van der Waals surface area contributed by atoms with E-state index in [1.807, 2.05) is 24.0 Å². The highest BCUT2D eigenvalue weighted by Gasteiger charge is 2.34. The molecule has 28 heavy (non-hydrogen) atoms. The average molecular weight is 382 g/mol. The van der Waals surface area contributed by atoms with E-state index in [9.17, 15) is 14.4 Å². The average Bonchev–Trinajstić information content (AvgIpc) is 3.21. The molecule has 1 aliphatic heterocycles. The molecule has 0 fully saturated rings. The highest BCUT2D eigenvalue weighted by atomic mass is 16.2. The van der Waals surface area contributed by atoms with Crippen molar-refractivity contribution in [3.63, 3.8) is 0 Å². The number of imide groups is 1. The molecule has 0 spiro atoms. The summed E-state index contributed by atoms with van der Waals surface area (Å²) in [5.74, 6) is -0.395. The maximum Gasteiger partial charge on any atom is 0.261 e. The van der Waals surface area contributed by atoms with Crippen molar-refractivity contribution >= 4 is 17.7 Å². The fourth-order valence-electron chi connectivity index (χ4n) is 3.32. The first-order valence-electron chi connectivity index (χ1n) is 9.77. The molecule has 0 radical (unpaired) electrons. The van der Waals surface area contributed by atoms with E-state index in [0.29, 0.717) is 37.1 Å². The number of unbranched alkanes of at least 4 members (excludes halogenated alkanes) is 2. The summed E-state index contributed by atoms with van der Waals surface area (Å²) in [5, 5.41) is 7.13. The number of carbonyl (C=O) groups is 3. The minimum Gasteiger partial charge on any atom is -0.356 e. The Hall–Kier alpha value is -2.96. The van der Waals surface area contributed by atoms with Gasteiger partial charge in [-0.15, -0.1) is 0 Å². The molecule has 0 atom stereocenters. The van der Waals surface area contributed by atoms with Gasteiger partial charge in [-0.3, -0.25) is 24.0 Å². The van der Waals surface area contributed by atoms with Crippen LogP contribution in [0.1, 0.15) is 58.4 Å². The van der Waals surface area contributed by atoms with Crippen LogP contribution < -0.4 is 5.32 Å². The van der Waals surface area contributed by atoms with Gasteiger partial charge in [-0.25, -0.2) is 0 Å². The van der Waals surface area contributed by atoms with E-state index >= 15 is 0 Å². The maximum atomic E-state index is 12.3. The van der Waals surface area contributed by atoms with E-state index in [-0.39, 0.29) is 17.7 Å². The molecule has 2 aromatic rings. The largest absolute Gasteiger partial charge is 0.356 e. The van der Waals surface area contributed by atoms with Crippen LogP contribution in [0.5, 0.6) is 0 Å². The molecule has 1 aromatic heterocycles. The summed E-state index contributed by atoms with van der Waals surface area (Å²) in [7, 11) is 0. The normalized spacial score (nSPS) is 13.1. The predicted octanol–water partition coefficient (Wildman–Crippen LogP) is 2.55. The number of aryl methyl sites for hydroxylation is 2. The first-order chi connectivity index (χ1) is 13.6. The zero-order chi connectivity index (χ0) is 19.9. The summed E-state index contributed by atoms with van der Waals surface area (Å²) in [6.45, 7) is 3.82. The number of nitrogens with one attached hydrogen (secondary N) is 1. The molecule has 0 aliphatic carbocycles. The van der Waals surface area contributed by atoms with Crippen LogP contribution in [-0.2, 0) is 11.3 Å². The number of rotatable bonds is 10. The van der Waals surface area contributed by atoms with E-state index in [2.05, 4.69) is 10.4 Å². The lowest BCUT2D eigenvalue weighted by Crippen LogP contribution is -2.30. The number of benzene rings is 1. The number of aromatic nitrogens is 2. The van der Waals surface area contributed by atoms with Gasteiger partial charge in [-0.1, -0.05) is 18.6 Å². The number of fused-ring (bicyclic) bond motifs is 1. The standard InChI is InChI=1S/C21H26N4O3/c1-16-14-23-24(15-16)12-7-11-22-19(26)10-3-2-6-13-25-20(27)17-8-4-5-9-18(17)21(25)28/h4-5,8-9,14-15H,2-3,6-7,10-13H2,1H3,(H,22,26). The molecule has 0 saturated heterocycles. The Morgan fingerprint density at radius 2 is 1.71 bits per heavy atom. The molecule has 3 amide bonds. The number of hydrogen-bond donors (Lipinski definition) is 1. The van der Waals surface area contributed by atoms with Gasteiger partial charge in [0.1, 0.15) is 0 Å². The molecule has 1 aromatic carbocycles. The lowest BCUT2D eigenvalue weighted by Gasteiger charge is -2.13. The number of hydrogen-bond acceptors (Lipinski definition) is 4. The van der Waals surface area contributed by atoms with Crippen molar-refractivity contribution in [1.82, 2.24) is 20.0 Å². The Balaban J connectivity index is 1.26. The van der Waals surface area contributed by atoms with Crippen LogP contribution in [0.15, 0.2) is 36.7 Å². The second-order valence-corrected chi connectivity index (χ2v) is 7.10. The summed E-state index contributed by atoms with van der Waals surface area (Å²) < 4.78 is 1.88. The SMILES string of the molecule is Cc1cnn(CCCNC(=O)CCCCCN2C(=O)c3ccccc3C2=O)c1. The molecule has 7 nitrogen and oxygen atoms in total. The molecule has 1 N–H and O–H groups in total. The Kier molecular flexibility index (Phi) is 6.57. The van der Waals surface area contributed by atoms with Crippen LogP contribution in [0.4, 0.5) is 0 Å². The molecule has 1 aliphatic rings. The van der Waals surface area contributed by atoms with Gasteiger partial charge in [-0.2, -0.15) is 5.10 Å². The first-order valence-corrected chi connectivity index (χ1v) is 9.77. The van der Waals surface area contributed by atoms with Crippen LogP contribution >= 0.6 is 0 Å². The molecular weight excluding hydrogens is 356 g/mol. The zero-order valence-electron chi connectivity index (χ0n) is 16.2. The van der Waals surface area contributed by atoms with Gasteiger partial charge < -0.3 is 5.32 Å². The van der Waals surface area contributed by atoms with Gasteiger partial charge in [0.15, 0.2) is 0 Å². The van der Waals surface area contributed by atoms with Gasteiger partial charge in [0.25, 0.3) is 11.8 Å². The Labute approximate surface area is 164 Å². The van der Waals surface area contributed by atoms with E-state index in [0.717, 1.165) is 31.4 Å². The topological polar surface area (TPSA) is 84.3 Å². The second-order valence-electron chi connectivity index (χ2n) is 7.10. The summed E-state index contributed by atoms with van der Waals surface area (Å²) in [4.78, 5) is 37.7. The third-order valence-corrected chi connectivity index (χ3v) is 4.81. The van der Waals surface area contributed by atoms with E-state index in [1.54, 1.807) is 24.3 Å². The van der Waals surface area contributed by atoms with E-state index < -0.39 is 0 Å². The van der Waals surface area contributed by atoms with Crippen molar-refractivity contribution in [3.05, 3.63) is 53.3 Å². The number of amides is 3. The quantitative estimate of drug-likeness (QED) is 0.506. The molecule has 148 valence electrons. The van der Waals surface area contributed by atoms with Crippen molar-refractivity contribution in [2.75, 3.05) is 13.1 Å². The molecule has 3 rings (SSSR count). The van der Waals surface area contributed by atoms with E-state index in [1.165, 1.54) is 4.90 Å². The second kappa shape index (κ2) is 9.30. The van der Waals surface area contributed by atoms with Crippen LogP contribution in [0.2, 0.25) is 0 Å². The minimum absolute atomic E-state index is 0.0392. The van der Waals surface area contributed by atoms with Gasteiger partial charge in [0.05, 0.1) is 17.3 Å². The highest BCUT2D eigenvalue weighted by Crippen LogP contribution is 2.22. The summed E-state index contributed by atoms with van der Waals surface area (Å²) in [5.41, 5.74) is 2.10. The fraction of sp³-hybridized carbons (Fsp3) is 0.429. The van der Waals surface area contributed by atoms with Gasteiger partial charge in [-0.05, 0) is 43.9 Å². The number of nitrogens with zero attached hydrogens (tertiary/aromatic N) is 3. The fourth-order valence-corrected chi connectivity index (χ4v) is 3.32. The van der Waals surface area contributed by atoms with Crippen LogP contribution in [0.3, 0.4) is 0 Å². The zero-order valence-corrected chi connectivity index (χ0v) is 16.2. The Morgan fingerprint density at radius 1 is 1.00 bits per heavy atom. The van der Waals surface area contributed by atoms with Crippen molar-refractivity contribution in [2.24, 2.45) is 0 Å². The van der Waals surface area contributed by atoms with Gasteiger partial charge in [0.2, 0.25) is 5.91 Å². The Morgan fingerprint density at radius 3 is 2.36 bits per heavy atom. The summed E-state index contributed by atoms with van der Waals surface area (Å²) in [6, 6.07) is 6.91. The van der Waals surface area contributed by atoms with Crippen LogP contribution in [-0.4, -0.2) is 45.5 Å². The maximum absolute atomic E-state index is 12.3. The molecule has 0 saturated carbocycles. The first kappa shape index (κ1) is 19.8. The van der Waals surface area contributed by atoms with Gasteiger partial charge in [0, 0.05) is 32.3 Å². The highest BCUT2D eigenvalue weighted by molar-refractivity contribution is 6.21. The van der Waals surface area contributed by atoms with Gasteiger partial charge >= 0.3 is 0 Å². The monoisotopic (exact) mass is 382 g/mol. The summed E-state index contributed by atoms with van der Waals surface area (Å²) >= 11 is 0. The smallest absolute Gasteiger partial charge is 0.261 e. The van der Waals surface area contributed by atoms with Crippen molar-refractivity contribution in [1.29, 1.82) is 0 Å². The lowest BCUT2D eigenvalue weighted by atomic mass is 10.1. The van der Waals surface area contributed by atoms with Crippen molar-refractivity contribution < 1.29 is 14.4 Å². The van der Waals surface area contributed by atoms with Crippen molar-refractivity contribution in [2.45, 2.75) is 45.6 Å².